The van der Waals surface area contributed by atoms with Gasteiger partial charge in [-0.15, -0.1) is 0 Å². The van der Waals surface area contributed by atoms with Crippen molar-refractivity contribution < 1.29 is 9.59 Å². The molecule has 0 saturated carbocycles. The molecule has 142 valence electrons. The van der Waals surface area contributed by atoms with Gasteiger partial charge < -0.3 is 20.1 Å². The number of nitrogens with one attached hydrogen (secondary N) is 2. The first kappa shape index (κ1) is 18.6. The monoisotopic (exact) mass is 360 g/mol. The van der Waals surface area contributed by atoms with E-state index in [-0.39, 0.29) is 34.8 Å². The number of amides is 2. The summed E-state index contributed by atoms with van der Waals surface area (Å²) in [4.78, 5) is 44.4. The van der Waals surface area contributed by atoms with Crippen LogP contribution in [-0.2, 0) is 4.79 Å². The average Bonchev–Trinajstić information content (AvgIpc) is 2.59. The number of likely N-dealkylation sites (N-methyl/N-ethyl adjacent to an activating group) is 1. The molecule has 2 aliphatic heterocycles. The Morgan fingerprint density at radius 3 is 2.77 bits per heavy atom. The van der Waals surface area contributed by atoms with Crippen LogP contribution >= 0.6 is 0 Å². The van der Waals surface area contributed by atoms with Crippen LogP contribution in [0.5, 0.6) is 0 Å². The minimum atomic E-state index is -0.222. The van der Waals surface area contributed by atoms with Crippen molar-refractivity contribution in [2.45, 2.75) is 39.2 Å². The number of piperidine rings is 2. The molecular weight excluding hydrogens is 332 g/mol. The Morgan fingerprint density at radius 1 is 1.31 bits per heavy atom. The maximum absolute atomic E-state index is 13.0. The van der Waals surface area contributed by atoms with Crippen LogP contribution in [0.2, 0.25) is 0 Å². The molecule has 2 atom stereocenters. The normalized spacial score (nSPS) is 23.1. The lowest BCUT2D eigenvalue weighted by atomic mass is 9.83. The number of aryl methyl sites for hydroxylation is 2. The fourth-order valence-electron chi connectivity index (χ4n) is 4.33. The van der Waals surface area contributed by atoms with Crippen LogP contribution in [0.3, 0.4) is 0 Å². The summed E-state index contributed by atoms with van der Waals surface area (Å²) in [6, 6.07) is 1.68. The van der Waals surface area contributed by atoms with Gasteiger partial charge in [-0.2, -0.15) is 0 Å². The maximum atomic E-state index is 13.0. The minimum absolute atomic E-state index is 0.194. The van der Waals surface area contributed by atoms with Gasteiger partial charge in [-0.3, -0.25) is 14.4 Å². The Balaban J connectivity index is 1.75. The van der Waals surface area contributed by atoms with Gasteiger partial charge in [0.2, 0.25) is 5.91 Å². The van der Waals surface area contributed by atoms with Crippen molar-refractivity contribution in [3.63, 3.8) is 0 Å². The lowest BCUT2D eigenvalue weighted by Crippen LogP contribution is -2.58. The molecule has 2 aliphatic rings. The first-order valence-corrected chi connectivity index (χ1v) is 9.36. The Hall–Kier alpha value is -2.15. The highest BCUT2D eigenvalue weighted by atomic mass is 16.2. The smallest absolute Gasteiger partial charge is 0.259 e. The second-order valence-corrected chi connectivity index (χ2v) is 7.41. The quantitative estimate of drug-likeness (QED) is 0.826. The van der Waals surface area contributed by atoms with Crippen molar-refractivity contribution in [3.8, 4) is 0 Å². The lowest BCUT2D eigenvalue weighted by molar-refractivity contribution is -0.140. The molecule has 3 rings (SSSR count). The minimum Gasteiger partial charge on any atom is -0.362 e. The molecule has 0 aromatic carbocycles. The zero-order chi connectivity index (χ0) is 18.8. The van der Waals surface area contributed by atoms with E-state index in [2.05, 4.69) is 10.3 Å². The highest BCUT2D eigenvalue weighted by Gasteiger charge is 2.40. The van der Waals surface area contributed by atoms with Gasteiger partial charge in [-0.25, -0.2) is 0 Å². The first-order valence-electron chi connectivity index (χ1n) is 9.36. The topological polar surface area (TPSA) is 85.5 Å². The molecule has 26 heavy (non-hydrogen) atoms. The van der Waals surface area contributed by atoms with Crippen LogP contribution in [-0.4, -0.2) is 65.9 Å². The van der Waals surface area contributed by atoms with Gasteiger partial charge in [-0.05, 0) is 39.7 Å². The fraction of sp³-hybridized carbons (Fsp3) is 0.632. The molecule has 2 saturated heterocycles. The first-order chi connectivity index (χ1) is 12.4. The molecule has 2 fully saturated rings. The third-order valence-electron chi connectivity index (χ3n) is 5.60. The number of H-pyrrole nitrogens is 1. The molecule has 0 spiro atoms. The van der Waals surface area contributed by atoms with Crippen molar-refractivity contribution in [1.29, 1.82) is 0 Å². The van der Waals surface area contributed by atoms with E-state index < -0.39 is 0 Å². The van der Waals surface area contributed by atoms with E-state index in [1.54, 1.807) is 11.8 Å². The van der Waals surface area contributed by atoms with E-state index in [1.807, 2.05) is 18.9 Å². The molecule has 2 amide bonds. The molecule has 0 bridgehead atoms. The van der Waals surface area contributed by atoms with Crippen molar-refractivity contribution in [2.75, 3.05) is 33.2 Å². The summed E-state index contributed by atoms with van der Waals surface area (Å²) in [5.41, 5.74) is 1.40. The molecule has 0 radical (unpaired) electrons. The van der Waals surface area contributed by atoms with Gasteiger partial charge >= 0.3 is 0 Å². The van der Waals surface area contributed by atoms with Crippen LogP contribution in [0.1, 0.15) is 41.0 Å². The SMILES string of the molecule is CNCCN1C(=O)CC[C@H]2CN(C(=O)c3c(C)[nH]c(C)cc3=O)CC[C@H]21. The zero-order valence-corrected chi connectivity index (χ0v) is 15.8. The van der Waals surface area contributed by atoms with Crippen LogP contribution in [0, 0.1) is 19.8 Å². The summed E-state index contributed by atoms with van der Waals surface area (Å²) in [7, 11) is 1.88. The standard InChI is InChI=1S/C19H28N4O3/c1-12-10-16(24)18(13(2)21-12)19(26)22-8-6-15-14(11-22)4-5-17(25)23(15)9-7-20-3/h10,14-15,20H,4-9,11H2,1-3H3,(H,21,24)/t14-,15+/m0/s1. The van der Waals surface area contributed by atoms with Gasteiger partial charge in [0.25, 0.3) is 5.91 Å². The number of hydrogen-bond acceptors (Lipinski definition) is 4. The van der Waals surface area contributed by atoms with E-state index >= 15 is 0 Å². The highest BCUT2D eigenvalue weighted by Crippen LogP contribution is 2.31. The summed E-state index contributed by atoms with van der Waals surface area (Å²) in [6.07, 6.45) is 2.12. The molecule has 7 nitrogen and oxygen atoms in total. The average molecular weight is 360 g/mol. The molecule has 1 aromatic rings. The second-order valence-electron chi connectivity index (χ2n) is 7.41. The third-order valence-corrected chi connectivity index (χ3v) is 5.60. The molecule has 7 heteroatoms. The van der Waals surface area contributed by atoms with Gasteiger partial charge in [0.1, 0.15) is 5.56 Å². The number of rotatable bonds is 4. The van der Waals surface area contributed by atoms with Crippen molar-refractivity contribution in [1.82, 2.24) is 20.1 Å². The highest BCUT2D eigenvalue weighted by molar-refractivity contribution is 5.95. The molecule has 2 N–H and O–H groups in total. The summed E-state index contributed by atoms with van der Waals surface area (Å²) in [5, 5.41) is 3.10. The Kier molecular flexibility index (Phi) is 5.46. The Labute approximate surface area is 153 Å². The number of pyridine rings is 1. The predicted molar refractivity (Wildman–Crippen MR) is 99.2 cm³/mol. The third kappa shape index (κ3) is 3.53. The lowest BCUT2D eigenvalue weighted by Gasteiger charge is -2.47. The largest absolute Gasteiger partial charge is 0.362 e. The number of carbonyl (C=O) groups excluding carboxylic acids is 2. The molecular formula is C19H28N4O3. The van der Waals surface area contributed by atoms with E-state index in [0.717, 1.165) is 25.1 Å². The molecule has 0 unspecified atom stereocenters. The van der Waals surface area contributed by atoms with Crippen LogP contribution < -0.4 is 10.7 Å². The van der Waals surface area contributed by atoms with Gasteiger partial charge in [0.15, 0.2) is 5.43 Å². The summed E-state index contributed by atoms with van der Waals surface area (Å²) in [6.45, 7) is 6.26. The molecule has 1 aromatic heterocycles. The molecule has 3 heterocycles. The van der Waals surface area contributed by atoms with Gasteiger partial charge in [0, 0.05) is 56.1 Å². The molecule has 0 aliphatic carbocycles. The van der Waals surface area contributed by atoms with E-state index in [9.17, 15) is 14.4 Å². The summed E-state index contributed by atoms with van der Waals surface area (Å²) < 4.78 is 0. The number of likely N-dealkylation sites (tertiary alicyclic amines) is 2. The van der Waals surface area contributed by atoms with Crippen molar-refractivity contribution in [2.24, 2.45) is 5.92 Å². The van der Waals surface area contributed by atoms with E-state index in [0.29, 0.717) is 31.7 Å². The Morgan fingerprint density at radius 2 is 2.08 bits per heavy atom. The number of aromatic nitrogens is 1. The van der Waals surface area contributed by atoms with Crippen molar-refractivity contribution in [3.05, 3.63) is 33.2 Å². The fourth-order valence-corrected chi connectivity index (χ4v) is 4.33. The van der Waals surface area contributed by atoms with Crippen molar-refractivity contribution >= 4 is 11.8 Å². The number of fused-ring (bicyclic) bond motifs is 1. The van der Waals surface area contributed by atoms with Gasteiger partial charge in [0.05, 0.1) is 0 Å². The van der Waals surface area contributed by atoms with Crippen LogP contribution in [0.25, 0.3) is 0 Å². The number of hydrogen-bond donors (Lipinski definition) is 2. The van der Waals surface area contributed by atoms with E-state index in [1.165, 1.54) is 6.07 Å². The number of aromatic amines is 1. The zero-order valence-electron chi connectivity index (χ0n) is 15.8. The summed E-state index contributed by atoms with van der Waals surface area (Å²) >= 11 is 0. The predicted octanol–water partition coefficient (Wildman–Crippen LogP) is 0.664. The van der Waals surface area contributed by atoms with Gasteiger partial charge in [-0.1, -0.05) is 0 Å². The second kappa shape index (κ2) is 7.61. The Bertz CT molecular complexity index is 758. The van der Waals surface area contributed by atoms with E-state index in [4.69, 9.17) is 0 Å². The summed E-state index contributed by atoms with van der Waals surface area (Å²) in [5.74, 6) is 0.306. The maximum Gasteiger partial charge on any atom is 0.259 e. The van der Waals surface area contributed by atoms with Crippen LogP contribution in [0.4, 0.5) is 0 Å². The number of nitrogens with zero attached hydrogens (tertiary/aromatic N) is 2. The number of carbonyl (C=O) groups is 2. The van der Waals surface area contributed by atoms with Crippen LogP contribution in [0.15, 0.2) is 10.9 Å².